The maximum atomic E-state index is 13.1. The highest BCUT2D eigenvalue weighted by Crippen LogP contribution is 2.33. The molecule has 0 saturated heterocycles. The number of hydrogen-bond donors (Lipinski definition) is 1. The minimum Gasteiger partial charge on any atom is -0.481 e. The molecule has 0 aliphatic carbocycles. The van der Waals surface area contributed by atoms with Crippen molar-refractivity contribution in [3.63, 3.8) is 0 Å². The van der Waals surface area contributed by atoms with E-state index in [1.165, 1.54) is 12.1 Å². The molecular weight excluding hydrogens is 439 g/mol. The zero-order valence-electron chi connectivity index (χ0n) is 15.4. The minimum atomic E-state index is -0.604. The first kappa shape index (κ1) is 21.7. The van der Waals surface area contributed by atoms with Crippen molar-refractivity contribution in [2.24, 2.45) is 0 Å². The Morgan fingerprint density at radius 1 is 0.933 bits per heavy atom. The van der Waals surface area contributed by atoms with E-state index in [1.54, 1.807) is 24.3 Å². The Hall–Kier alpha value is -2.97. The standard InChI is InChI=1S/C20H15Cl2F2N3O3/c21-15-9-14(24)10-16(22)20(15)30-11-18(28)25-7-8-29-19-6-5-17(26-27-19)12-1-3-13(23)4-2-12/h1-6,9-10H,7-8,11H2,(H,25,28). The lowest BCUT2D eigenvalue weighted by Crippen LogP contribution is -2.32. The van der Waals surface area contributed by atoms with Crippen LogP contribution in [0.1, 0.15) is 0 Å². The molecule has 0 fully saturated rings. The van der Waals surface area contributed by atoms with Gasteiger partial charge in [-0.05, 0) is 42.5 Å². The number of ether oxygens (including phenoxy) is 2. The van der Waals surface area contributed by atoms with Gasteiger partial charge in [0.2, 0.25) is 5.88 Å². The van der Waals surface area contributed by atoms with E-state index in [4.69, 9.17) is 32.7 Å². The fourth-order valence-electron chi connectivity index (χ4n) is 2.37. The molecule has 0 aliphatic rings. The lowest BCUT2D eigenvalue weighted by molar-refractivity contribution is -0.123. The molecule has 30 heavy (non-hydrogen) atoms. The van der Waals surface area contributed by atoms with Gasteiger partial charge in [0, 0.05) is 11.6 Å². The number of aromatic nitrogens is 2. The summed E-state index contributed by atoms with van der Waals surface area (Å²) in [6, 6.07) is 11.3. The zero-order valence-corrected chi connectivity index (χ0v) is 16.9. The van der Waals surface area contributed by atoms with E-state index in [2.05, 4.69) is 15.5 Å². The molecule has 0 saturated carbocycles. The highest BCUT2D eigenvalue weighted by atomic mass is 35.5. The van der Waals surface area contributed by atoms with E-state index < -0.39 is 11.7 Å². The van der Waals surface area contributed by atoms with Gasteiger partial charge < -0.3 is 14.8 Å². The highest BCUT2D eigenvalue weighted by molar-refractivity contribution is 6.37. The van der Waals surface area contributed by atoms with Crippen molar-refractivity contribution in [2.75, 3.05) is 19.8 Å². The Morgan fingerprint density at radius 2 is 1.63 bits per heavy atom. The van der Waals surface area contributed by atoms with Gasteiger partial charge in [0.25, 0.3) is 5.91 Å². The number of carbonyl (C=O) groups excluding carboxylic acids is 1. The smallest absolute Gasteiger partial charge is 0.258 e. The lowest BCUT2D eigenvalue weighted by atomic mass is 10.1. The summed E-state index contributed by atoms with van der Waals surface area (Å²) < 4.78 is 36.7. The number of amides is 1. The van der Waals surface area contributed by atoms with Crippen LogP contribution >= 0.6 is 23.2 Å². The first-order chi connectivity index (χ1) is 14.4. The van der Waals surface area contributed by atoms with Crippen LogP contribution in [0.4, 0.5) is 8.78 Å². The van der Waals surface area contributed by atoms with Crippen LogP contribution in [0.25, 0.3) is 11.3 Å². The molecule has 3 rings (SSSR count). The topological polar surface area (TPSA) is 73.3 Å². The fourth-order valence-corrected chi connectivity index (χ4v) is 2.94. The molecule has 0 radical (unpaired) electrons. The number of hydrogen-bond acceptors (Lipinski definition) is 5. The molecule has 2 aromatic carbocycles. The van der Waals surface area contributed by atoms with Crippen LogP contribution in [0.15, 0.2) is 48.5 Å². The van der Waals surface area contributed by atoms with Crippen LogP contribution < -0.4 is 14.8 Å². The second-order valence-corrected chi connectivity index (χ2v) is 6.76. The number of nitrogens with zero attached hydrogens (tertiary/aromatic N) is 2. The molecule has 156 valence electrons. The maximum Gasteiger partial charge on any atom is 0.258 e. The van der Waals surface area contributed by atoms with Crippen molar-refractivity contribution >= 4 is 29.1 Å². The summed E-state index contributed by atoms with van der Waals surface area (Å²) in [6.45, 7) is -0.0138. The van der Waals surface area contributed by atoms with E-state index in [0.29, 0.717) is 5.69 Å². The van der Waals surface area contributed by atoms with E-state index >= 15 is 0 Å². The van der Waals surface area contributed by atoms with Crippen LogP contribution in [0.3, 0.4) is 0 Å². The van der Waals surface area contributed by atoms with Crippen molar-refractivity contribution in [1.82, 2.24) is 15.5 Å². The molecule has 3 aromatic rings. The van der Waals surface area contributed by atoms with Gasteiger partial charge >= 0.3 is 0 Å². The van der Waals surface area contributed by atoms with Crippen LogP contribution in [-0.2, 0) is 4.79 Å². The number of benzene rings is 2. The van der Waals surface area contributed by atoms with Gasteiger partial charge in [0.05, 0.1) is 22.3 Å². The van der Waals surface area contributed by atoms with Crippen molar-refractivity contribution in [3.8, 4) is 22.9 Å². The summed E-state index contributed by atoms with van der Waals surface area (Å²) in [5.41, 5.74) is 1.30. The SMILES string of the molecule is O=C(COc1c(Cl)cc(F)cc1Cl)NCCOc1ccc(-c2ccc(F)cc2)nn1. The summed E-state index contributed by atoms with van der Waals surface area (Å²) in [6.07, 6.45) is 0. The molecule has 6 nitrogen and oxygen atoms in total. The van der Waals surface area contributed by atoms with E-state index in [-0.39, 0.29) is 47.3 Å². The van der Waals surface area contributed by atoms with Crippen LogP contribution in [-0.4, -0.2) is 35.9 Å². The van der Waals surface area contributed by atoms with Gasteiger partial charge in [-0.3, -0.25) is 4.79 Å². The average molecular weight is 454 g/mol. The number of halogens is 4. The third-order valence-corrected chi connectivity index (χ3v) is 4.33. The van der Waals surface area contributed by atoms with E-state index in [9.17, 15) is 13.6 Å². The molecule has 0 unspecified atom stereocenters. The summed E-state index contributed by atoms with van der Waals surface area (Å²) in [5, 5.41) is 10.5. The Labute approximate surface area is 180 Å². The van der Waals surface area contributed by atoms with Crippen LogP contribution in [0, 0.1) is 11.6 Å². The van der Waals surface area contributed by atoms with E-state index in [1.807, 2.05) is 0 Å². The summed E-state index contributed by atoms with van der Waals surface area (Å²) >= 11 is 11.7. The van der Waals surface area contributed by atoms with Gasteiger partial charge in [-0.25, -0.2) is 8.78 Å². The molecule has 0 atom stereocenters. The Bertz CT molecular complexity index is 996. The molecular formula is C20H15Cl2F2N3O3. The molecule has 0 aliphatic heterocycles. The first-order valence-corrected chi connectivity index (χ1v) is 9.44. The second-order valence-electron chi connectivity index (χ2n) is 5.95. The molecule has 1 aromatic heterocycles. The van der Waals surface area contributed by atoms with Crippen molar-refractivity contribution in [1.29, 1.82) is 0 Å². The van der Waals surface area contributed by atoms with Crippen molar-refractivity contribution in [3.05, 3.63) is 70.2 Å². The largest absolute Gasteiger partial charge is 0.481 e. The molecule has 10 heteroatoms. The molecule has 0 spiro atoms. The van der Waals surface area contributed by atoms with Crippen molar-refractivity contribution < 1.29 is 23.0 Å². The monoisotopic (exact) mass is 453 g/mol. The normalized spacial score (nSPS) is 10.5. The predicted octanol–water partition coefficient (Wildman–Crippen LogP) is 4.30. The van der Waals surface area contributed by atoms with Gasteiger partial charge in [-0.1, -0.05) is 23.2 Å². The third-order valence-electron chi connectivity index (χ3n) is 3.76. The lowest BCUT2D eigenvalue weighted by Gasteiger charge is -2.10. The Balaban J connectivity index is 1.40. The van der Waals surface area contributed by atoms with Crippen LogP contribution in [0.5, 0.6) is 11.6 Å². The Morgan fingerprint density at radius 3 is 2.27 bits per heavy atom. The molecule has 1 amide bonds. The summed E-state index contributed by atoms with van der Waals surface area (Å²) in [7, 11) is 0. The minimum absolute atomic E-state index is 0.0289. The Kier molecular flexibility index (Phi) is 7.37. The number of nitrogens with one attached hydrogen (secondary N) is 1. The first-order valence-electron chi connectivity index (χ1n) is 8.69. The van der Waals surface area contributed by atoms with E-state index in [0.717, 1.165) is 17.7 Å². The average Bonchev–Trinajstić information content (AvgIpc) is 2.71. The maximum absolute atomic E-state index is 13.1. The number of carbonyl (C=O) groups is 1. The zero-order chi connectivity index (χ0) is 21.5. The van der Waals surface area contributed by atoms with Gasteiger partial charge in [-0.2, -0.15) is 0 Å². The van der Waals surface area contributed by atoms with Gasteiger partial charge in [-0.15, -0.1) is 10.2 Å². The van der Waals surface area contributed by atoms with Crippen LogP contribution in [0.2, 0.25) is 10.0 Å². The summed E-state index contributed by atoms with van der Waals surface area (Å²) in [5.74, 6) is -1.07. The second kappa shape index (κ2) is 10.2. The van der Waals surface area contributed by atoms with Gasteiger partial charge in [0.1, 0.15) is 18.2 Å². The quantitative estimate of drug-likeness (QED) is 0.514. The third kappa shape index (κ3) is 6.01. The van der Waals surface area contributed by atoms with Gasteiger partial charge in [0.15, 0.2) is 12.4 Å². The summed E-state index contributed by atoms with van der Waals surface area (Å²) in [4.78, 5) is 11.8. The highest BCUT2D eigenvalue weighted by Gasteiger charge is 2.12. The molecule has 1 heterocycles. The predicted molar refractivity (Wildman–Crippen MR) is 108 cm³/mol. The molecule has 0 bridgehead atoms. The van der Waals surface area contributed by atoms with Crippen molar-refractivity contribution in [2.45, 2.75) is 0 Å². The number of rotatable bonds is 8. The molecule has 1 N–H and O–H groups in total. The fraction of sp³-hybridized carbons (Fsp3) is 0.150.